The van der Waals surface area contributed by atoms with Crippen molar-refractivity contribution in [2.75, 3.05) is 6.54 Å². The molecule has 0 aliphatic carbocycles. The average molecular weight is 506 g/mol. The van der Waals surface area contributed by atoms with Crippen molar-refractivity contribution in [1.82, 2.24) is 15.8 Å². The summed E-state index contributed by atoms with van der Waals surface area (Å²) in [6, 6.07) is 16.4. The molecule has 0 unspecified atom stereocenters. The number of para-hydroxylation sites is 1. The molecule has 3 aromatic rings. The van der Waals surface area contributed by atoms with Gasteiger partial charge in [0.15, 0.2) is 6.10 Å². The second kappa shape index (κ2) is 12.7. The van der Waals surface area contributed by atoms with Crippen molar-refractivity contribution >= 4 is 28.9 Å². The van der Waals surface area contributed by atoms with Gasteiger partial charge in [0.1, 0.15) is 0 Å². The molecule has 1 aliphatic rings. The number of H-pyrrole nitrogens is 1. The number of amides is 1. The van der Waals surface area contributed by atoms with Gasteiger partial charge in [-0.25, -0.2) is 10.3 Å². The predicted octanol–water partition coefficient (Wildman–Crippen LogP) is 4.33. The molecule has 0 bridgehead atoms. The van der Waals surface area contributed by atoms with Gasteiger partial charge in [-0.05, 0) is 68.5 Å². The number of nitrogens with one attached hydrogen (secondary N) is 3. The highest BCUT2D eigenvalue weighted by molar-refractivity contribution is 5.91. The van der Waals surface area contributed by atoms with Gasteiger partial charge in [-0.2, -0.15) is 0 Å². The molecule has 0 spiro atoms. The van der Waals surface area contributed by atoms with Crippen molar-refractivity contribution in [3.63, 3.8) is 0 Å². The van der Waals surface area contributed by atoms with Crippen molar-refractivity contribution in [3.05, 3.63) is 77.0 Å². The first-order valence-electron chi connectivity index (χ1n) is 12.7. The number of aryl methyl sites for hydroxylation is 1. The van der Waals surface area contributed by atoms with Crippen molar-refractivity contribution in [3.8, 4) is 0 Å². The van der Waals surface area contributed by atoms with Gasteiger partial charge in [0, 0.05) is 36.1 Å². The molecule has 1 saturated heterocycles. The number of aromatic amines is 1. The smallest absolute Gasteiger partial charge is 0.303 e. The molecule has 3 atom stereocenters. The summed E-state index contributed by atoms with van der Waals surface area (Å²) in [5, 5.41) is 4.80. The first-order chi connectivity index (χ1) is 17.9. The second-order valence-corrected chi connectivity index (χ2v) is 9.40. The summed E-state index contributed by atoms with van der Waals surface area (Å²) < 4.78 is 10.9. The standard InChI is InChI=1S/C29H35N3O5/c1-19-8-14-27(36-21(3)33)29(35-19)37-32-28(34)15-13-22-9-11-23(12-10-22)18-30-17-16-24-20(2)31-26-7-5-4-6-25(24)26/h4-7,9-13,15,19,27,29-31H,8,14,16-18H2,1-3H3,(H,32,34)/b15-13+/t19-,27-,29-/m0/s1. The normalized spacial score (nSPS) is 19.8. The van der Waals surface area contributed by atoms with Gasteiger partial charge >= 0.3 is 5.97 Å². The molecule has 8 heteroatoms. The number of benzene rings is 2. The van der Waals surface area contributed by atoms with E-state index in [1.54, 1.807) is 6.08 Å². The van der Waals surface area contributed by atoms with Crippen LogP contribution in [0.1, 0.15) is 49.1 Å². The largest absolute Gasteiger partial charge is 0.457 e. The molecule has 1 aliphatic heterocycles. The van der Waals surface area contributed by atoms with E-state index >= 15 is 0 Å². The summed E-state index contributed by atoms with van der Waals surface area (Å²) >= 11 is 0. The molecule has 4 rings (SSSR count). The topological polar surface area (TPSA) is 102 Å². The molecule has 2 aromatic carbocycles. The molecule has 1 amide bonds. The van der Waals surface area contributed by atoms with Crippen LogP contribution in [-0.2, 0) is 36.9 Å². The average Bonchev–Trinajstić information content (AvgIpc) is 3.20. The minimum absolute atomic E-state index is 0.0464. The molecule has 2 heterocycles. The number of esters is 1. The van der Waals surface area contributed by atoms with E-state index in [-0.39, 0.29) is 6.10 Å². The Kier molecular flexibility index (Phi) is 9.11. The number of fused-ring (bicyclic) bond motifs is 1. The molecule has 37 heavy (non-hydrogen) atoms. The molecule has 1 fully saturated rings. The van der Waals surface area contributed by atoms with Crippen LogP contribution in [0.5, 0.6) is 0 Å². The van der Waals surface area contributed by atoms with Gasteiger partial charge in [-0.15, -0.1) is 0 Å². The number of carbonyl (C=O) groups is 2. The lowest BCUT2D eigenvalue weighted by atomic mass is 10.1. The zero-order valence-electron chi connectivity index (χ0n) is 21.6. The number of rotatable bonds is 10. The van der Waals surface area contributed by atoms with Gasteiger partial charge in [0.05, 0.1) is 6.10 Å². The first-order valence-corrected chi connectivity index (χ1v) is 12.7. The van der Waals surface area contributed by atoms with Crippen LogP contribution in [0.25, 0.3) is 17.0 Å². The summed E-state index contributed by atoms with van der Waals surface area (Å²) in [4.78, 5) is 32.4. The third-order valence-electron chi connectivity index (χ3n) is 6.44. The Bertz CT molecular complexity index is 1230. The highest BCUT2D eigenvalue weighted by atomic mass is 16.8. The molecule has 8 nitrogen and oxygen atoms in total. The van der Waals surface area contributed by atoms with Gasteiger partial charge in [-0.3, -0.25) is 9.59 Å². The Morgan fingerprint density at radius 2 is 1.92 bits per heavy atom. The summed E-state index contributed by atoms with van der Waals surface area (Å²) in [6.07, 6.45) is 3.99. The maximum atomic E-state index is 12.2. The van der Waals surface area contributed by atoms with Crippen LogP contribution in [0.3, 0.4) is 0 Å². The Morgan fingerprint density at radius 3 is 2.70 bits per heavy atom. The fraction of sp³-hybridized carbons (Fsp3) is 0.379. The van der Waals surface area contributed by atoms with E-state index in [0.717, 1.165) is 31.5 Å². The van der Waals surface area contributed by atoms with Crippen molar-refractivity contribution in [2.24, 2.45) is 0 Å². The highest BCUT2D eigenvalue weighted by Gasteiger charge is 2.33. The van der Waals surface area contributed by atoms with Crippen LogP contribution >= 0.6 is 0 Å². The summed E-state index contributed by atoms with van der Waals surface area (Å²) in [5.74, 6) is -0.840. The first kappa shape index (κ1) is 26.6. The monoisotopic (exact) mass is 505 g/mol. The number of hydrogen-bond donors (Lipinski definition) is 3. The van der Waals surface area contributed by atoms with Gasteiger partial charge < -0.3 is 19.8 Å². The Morgan fingerprint density at radius 1 is 1.14 bits per heavy atom. The van der Waals surface area contributed by atoms with Crippen LogP contribution in [-0.4, -0.2) is 41.9 Å². The molecule has 0 saturated carbocycles. The van der Waals surface area contributed by atoms with Gasteiger partial charge in [0.25, 0.3) is 5.91 Å². The number of hydrogen-bond acceptors (Lipinski definition) is 6. The van der Waals surface area contributed by atoms with Crippen LogP contribution in [0.15, 0.2) is 54.6 Å². The fourth-order valence-corrected chi connectivity index (χ4v) is 4.52. The van der Waals surface area contributed by atoms with Crippen LogP contribution in [0.4, 0.5) is 0 Å². The van der Waals surface area contributed by atoms with Crippen molar-refractivity contribution in [1.29, 1.82) is 0 Å². The fourth-order valence-electron chi connectivity index (χ4n) is 4.52. The maximum Gasteiger partial charge on any atom is 0.303 e. The van der Waals surface area contributed by atoms with Crippen molar-refractivity contribution in [2.45, 2.75) is 65.1 Å². The summed E-state index contributed by atoms with van der Waals surface area (Å²) in [6.45, 7) is 7.02. The Labute approximate surface area is 217 Å². The van der Waals surface area contributed by atoms with E-state index in [2.05, 4.69) is 40.9 Å². The Balaban J connectivity index is 1.20. The highest BCUT2D eigenvalue weighted by Crippen LogP contribution is 2.23. The second-order valence-electron chi connectivity index (χ2n) is 9.40. The maximum absolute atomic E-state index is 12.2. The number of carbonyl (C=O) groups excluding carboxylic acids is 2. The predicted molar refractivity (Wildman–Crippen MR) is 142 cm³/mol. The summed E-state index contributed by atoms with van der Waals surface area (Å²) in [7, 11) is 0. The lowest BCUT2D eigenvalue weighted by Gasteiger charge is -2.33. The third-order valence-corrected chi connectivity index (χ3v) is 6.44. The van der Waals surface area contributed by atoms with E-state index < -0.39 is 24.3 Å². The zero-order valence-corrected chi connectivity index (χ0v) is 21.6. The minimum atomic E-state index is -0.836. The molecule has 1 aromatic heterocycles. The van der Waals surface area contributed by atoms with Crippen LogP contribution in [0.2, 0.25) is 0 Å². The number of ether oxygens (including phenoxy) is 2. The van der Waals surface area contributed by atoms with E-state index in [4.69, 9.17) is 14.3 Å². The zero-order chi connectivity index (χ0) is 26.2. The van der Waals surface area contributed by atoms with E-state index in [9.17, 15) is 9.59 Å². The van der Waals surface area contributed by atoms with Crippen molar-refractivity contribution < 1.29 is 23.9 Å². The van der Waals surface area contributed by atoms with E-state index in [0.29, 0.717) is 6.42 Å². The molecule has 196 valence electrons. The van der Waals surface area contributed by atoms with E-state index in [1.165, 1.54) is 40.7 Å². The number of hydroxylamine groups is 1. The van der Waals surface area contributed by atoms with Crippen LogP contribution in [0, 0.1) is 6.92 Å². The molecule has 3 N–H and O–H groups in total. The quantitative estimate of drug-likeness (QED) is 0.164. The van der Waals surface area contributed by atoms with Gasteiger partial charge in [-0.1, -0.05) is 42.5 Å². The third kappa shape index (κ3) is 7.52. The van der Waals surface area contributed by atoms with Gasteiger partial charge in [0.2, 0.25) is 6.29 Å². The molecular formula is C29H35N3O5. The van der Waals surface area contributed by atoms with E-state index in [1.807, 2.05) is 37.3 Å². The molecular weight excluding hydrogens is 470 g/mol. The lowest BCUT2D eigenvalue weighted by Crippen LogP contribution is -2.45. The lowest BCUT2D eigenvalue weighted by molar-refractivity contribution is -0.262. The summed E-state index contributed by atoms with van der Waals surface area (Å²) in [5.41, 5.74) is 8.19. The van der Waals surface area contributed by atoms with Crippen LogP contribution < -0.4 is 10.8 Å². The number of aromatic nitrogens is 1. The Hall–Kier alpha value is -3.46. The minimum Gasteiger partial charge on any atom is -0.457 e. The molecule has 0 radical (unpaired) electrons. The SMILES string of the molecule is CC(=O)O[C@H]1CC[C@H](C)O[C@H]1ONC(=O)/C=C/c1ccc(CNCCc2c(C)[nH]c3ccccc23)cc1.